The molecule has 0 aliphatic carbocycles. The molecule has 3 aromatic carbocycles. The number of amides is 1. The quantitative estimate of drug-likeness (QED) is 0.247. The number of methoxy groups -OCH3 is 1. The number of carbonyl (C=O) groups excluding carboxylic acids is 2. The predicted molar refractivity (Wildman–Crippen MR) is 146 cm³/mol. The van der Waals surface area contributed by atoms with E-state index in [4.69, 9.17) is 14.2 Å². The molecule has 1 amide bonds. The van der Waals surface area contributed by atoms with E-state index < -0.39 is 11.9 Å². The Hall–Kier alpha value is -3.95. The minimum absolute atomic E-state index is 0.0101. The minimum atomic E-state index is -0.948. The molecule has 0 radical (unpaired) electrons. The van der Waals surface area contributed by atoms with Crippen LogP contribution >= 0.6 is 0 Å². The first-order chi connectivity index (χ1) is 18.6. The molecule has 208 valence electrons. The molecule has 0 aliphatic heterocycles. The summed E-state index contributed by atoms with van der Waals surface area (Å²) in [6.07, 6.45) is 0. The Kier molecular flexibility index (Phi) is 10.4. The van der Waals surface area contributed by atoms with Crippen molar-refractivity contribution in [3.8, 4) is 17.2 Å². The number of anilines is 1. The Bertz CT molecular complexity index is 1290. The molecule has 0 saturated carbocycles. The summed E-state index contributed by atoms with van der Waals surface area (Å²) in [5.41, 5.74) is 3.38. The van der Waals surface area contributed by atoms with Crippen molar-refractivity contribution >= 4 is 17.6 Å². The number of aromatic hydroxyl groups is 1. The number of nitrogens with zero attached hydrogens (tertiary/aromatic N) is 1. The zero-order valence-corrected chi connectivity index (χ0v) is 22.9. The summed E-state index contributed by atoms with van der Waals surface area (Å²) in [5, 5.41) is 13.2. The average molecular weight is 539 g/mol. The lowest BCUT2D eigenvalue weighted by molar-refractivity contribution is -0.152. The second kappa shape index (κ2) is 13.7. The van der Waals surface area contributed by atoms with Gasteiger partial charge in [-0.1, -0.05) is 12.1 Å². The molecule has 39 heavy (non-hydrogen) atoms. The first-order valence-corrected chi connectivity index (χ1v) is 12.7. The maximum absolute atomic E-state index is 13.8. The minimum Gasteiger partial charge on any atom is -0.508 e. The van der Waals surface area contributed by atoms with Gasteiger partial charge in [0.15, 0.2) is 0 Å². The van der Waals surface area contributed by atoms with Crippen LogP contribution in [0.2, 0.25) is 0 Å². The Balaban J connectivity index is 1.81. The van der Waals surface area contributed by atoms with E-state index >= 15 is 0 Å². The van der Waals surface area contributed by atoms with Crippen LogP contribution in [0.25, 0.3) is 0 Å². The van der Waals surface area contributed by atoms with Crippen molar-refractivity contribution in [2.24, 2.45) is 0 Å². The molecular formula is C30H35FN2O6. The molecular weight excluding hydrogens is 503 g/mol. The smallest absolute Gasteiger partial charge is 0.397 e. The van der Waals surface area contributed by atoms with E-state index in [1.54, 1.807) is 50.4 Å². The highest BCUT2D eigenvalue weighted by molar-refractivity contribution is 6.37. The summed E-state index contributed by atoms with van der Waals surface area (Å²) in [4.78, 5) is 25.8. The number of halogens is 1. The zero-order chi connectivity index (χ0) is 28.5. The maximum atomic E-state index is 13.8. The number of benzene rings is 3. The van der Waals surface area contributed by atoms with Crippen LogP contribution in [-0.2, 0) is 32.2 Å². The SMILES string of the molecule is CCOC(=O)C(=O)Nc1cc(C)c(Oc2ccc(O)c(CN(Cc3cccc(F)c3)C(C)COC)c2)c(C)c1. The molecule has 0 spiro atoms. The van der Waals surface area contributed by atoms with Crippen LogP contribution in [0.4, 0.5) is 10.1 Å². The summed E-state index contributed by atoms with van der Waals surface area (Å²) in [6, 6.07) is 14.8. The van der Waals surface area contributed by atoms with Crippen molar-refractivity contribution in [2.75, 3.05) is 25.6 Å². The summed E-state index contributed by atoms with van der Waals surface area (Å²) in [7, 11) is 1.63. The number of rotatable bonds is 11. The van der Waals surface area contributed by atoms with Gasteiger partial charge in [-0.25, -0.2) is 9.18 Å². The van der Waals surface area contributed by atoms with E-state index in [1.165, 1.54) is 12.1 Å². The molecule has 8 nitrogen and oxygen atoms in total. The van der Waals surface area contributed by atoms with E-state index in [9.17, 15) is 19.1 Å². The van der Waals surface area contributed by atoms with Crippen LogP contribution in [0.5, 0.6) is 17.2 Å². The molecule has 0 aromatic heterocycles. The molecule has 3 rings (SSSR count). The molecule has 3 aromatic rings. The fourth-order valence-electron chi connectivity index (χ4n) is 4.23. The fraction of sp³-hybridized carbons (Fsp3) is 0.333. The molecule has 0 heterocycles. The lowest BCUT2D eigenvalue weighted by atomic mass is 10.1. The van der Waals surface area contributed by atoms with Gasteiger partial charge in [0, 0.05) is 37.5 Å². The maximum Gasteiger partial charge on any atom is 0.397 e. The van der Waals surface area contributed by atoms with Crippen molar-refractivity contribution in [2.45, 2.75) is 46.8 Å². The van der Waals surface area contributed by atoms with Crippen LogP contribution < -0.4 is 10.1 Å². The van der Waals surface area contributed by atoms with Gasteiger partial charge < -0.3 is 24.6 Å². The van der Waals surface area contributed by atoms with E-state index in [1.807, 2.05) is 26.8 Å². The van der Waals surface area contributed by atoms with Crippen molar-refractivity contribution < 1.29 is 33.3 Å². The third kappa shape index (κ3) is 8.27. The van der Waals surface area contributed by atoms with Gasteiger partial charge in [-0.3, -0.25) is 9.69 Å². The van der Waals surface area contributed by atoms with E-state index in [0.29, 0.717) is 42.4 Å². The van der Waals surface area contributed by atoms with E-state index in [0.717, 1.165) is 16.7 Å². The van der Waals surface area contributed by atoms with E-state index in [2.05, 4.69) is 10.2 Å². The number of hydrogen-bond donors (Lipinski definition) is 2. The molecule has 0 bridgehead atoms. The monoisotopic (exact) mass is 538 g/mol. The fourth-order valence-corrected chi connectivity index (χ4v) is 4.23. The van der Waals surface area contributed by atoms with Gasteiger partial charge in [0.1, 0.15) is 23.1 Å². The van der Waals surface area contributed by atoms with Crippen molar-refractivity contribution in [1.82, 2.24) is 4.90 Å². The second-order valence-electron chi connectivity index (χ2n) is 9.35. The Labute approximate surface area is 228 Å². The lowest BCUT2D eigenvalue weighted by Gasteiger charge is -2.29. The zero-order valence-electron chi connectivity index (χ0n) is 22.9. The average Bonchev–Trinajstić information content (AvgIpc) is 2.88. The summed E-state index contributed by atoms with van der Waals surface area (Å²) >= 11 is 0. The molecule has 1 atom stereocenters. The van der Waals surface area contributed by atoms with Gasteiger partial charge in [-0.05, 0) is 86.8 Å². The van der Waals surface area contributed by atoms with Crippen LogP contribution in [0.3, 0.4) is 0 Å². The topological polar surface area (TPSA) is 97.3 Å². The number of ether oxygens (including phenoxy) is 3. The highest BCUT2D eigenvalue weighted by Gasteiger charge is 2.19. The Morgan fingerprint density at radius 3 is 2.41 bits per heavy atom. The molecule has 2 N–H and O–H groups in total. The normalized spacial score (nSPS) is 11.8. The second-order valence-corrected chi connectivity index (χ2v) is 9.35. The molecule has 9 heteroatoms. The summed E-state index contributed by atoms with van der Waals surface area (Å²) < 4.78 is 30.1. The number of carbonyl (C=O) groups is 2. The van der Waals surface area contributed by atoms with Gasteiger partial charge in [-0.15, -0.1) is 0 Å². The Morgan fingerprint density at radius 1 is 1.05 bits per heavy atom. The van der Waals surface area contributed by atoms with Crippen LogP contribution in [0, 0.1) is 19.7 Å². The molecule has 0 fully saturated rings. The van der Waals surface area contributed by atoms with Gasteiger partial charge in [0.25, 0.3) is 0 Å². The van der Waals surface area contributed by atoms with Crippen LogP contribution in [0.1, 0.15) is 36.1 Å². The number of hydrogen-bond acceptors (Lipinski definition) is 7. The number of esters is 1. The highest BCUT2D eigenvalue weighted by Crippen LogP contribution is 2.34. The largest absolute Gasteiger partial charge is 0.508 e. The molecule has 1 unspecified atom stereocenters. The van der Waals surface area contributed by atoms with Gasteiger partial charge in [0.05, 0.1) is 13.2 Å². The van der Waals surface area contributed by atoms with Crippen LogP contribution in [0.15, 0.2) is 54.6 Å². The summed E-state index contributed by atoms with van der Waals surface area (Å²) in [5.74, 6) is -0.884. The van der Waals surface area contributed by atoms with Crippen molar-refractivity contribution in [1.29, 1.82) is 0 Å². The van der Waals surface area contributed by atoms with Crippen LogP contribution in [-0.4, -0.2) is 48.2 Å². The van der Waals surface area contributed by atoms with E-state index in [-0.39, 0.29) is 24.2 Å². The standard InChI is InChI=1S/C30H35FN2O6/c1-6-38-30(36)29(35)32-25-12-19(2)28(20(3)13-25)39-26-10-11-27(34)23(15-26)17-33(21(4)18-37-5)16-22-8-7-9-24(31)14-22/h7-15,21,34H,6,16-18H2,1-5H3,(H,32,35). The van der Waals surface area contributed by atoms with Crippen molar-refractivity contribution in [3.05, 3.63) is 82.7 Å². The third-order valence-electron chi connectivity index (χ3n) is 6.13. The number of aryl methyl sites for hydroxylation is 2. The molecule has 0 aliphatic rings. The van der Waals surface area contributed by atoms with Crippen molar-refractivity contribution in [3.63, 3.8) is 0 Å². The van der Waals surface area contributed by atoms with Gasteiger partial charge >= 0.3 is 11.9 Å². The summed E-state index contributed by atoms with van der Waals surface area (Å²) in [6.45, 7) is 8.71. The third-order valence-corrected chi connectivity index (χ3v) is 6.13. The Morgan fingerprint density at radius 2 is 1.77 bits per heavy atom. The first kappa shape index (κ1) is 29.6. The lowest BCUT2D eigenvalue weighted by Crippen LogP contribution is -2.35. The first-order valence-electron chi connectivity index (χ1n) is 12.7. The predicted octanol–water partition coefficient (Wildman–Crippen LogP) is 5.48. The van der Waals surface area contributed by atoms with Gasteiger partial charge in [-0.2, -0.15) is 0 Å². The number of phenols is 1. The number of phenolic OH excluding ortho intramolecular Hbond substituents is 1. The molecule has 0 saturated heterocycles. The highest BCUT2D eigenvalue weighted by atomic mass is 19.1. The van der Waals surface area contributed by atoms with Gasteiger partial charge in [0.2, 0.25) is 0 Å². The number of nitrogens with one attached hydrogen (secondary N) is 1.